The van der Waals surface area contributed by atoms with Gasteiger partial charge in [-0.15, -0.1) is 0 Å². The van der Waals surface area contributed by atoms with E-state index in [1.165, 1.54) is 0 Å². The monoisotopic (exact) mass is 371 g/mol. The van der Waals surface area contributed by atoms with Gasteiger partial charge in [0.05, 0.1) is 0 Å². The molecule has 0 unspecified atom stereocenters. The van der Waals surface area contributed by atoms with Crippen LogP contribution < -0.4 is 22.5 Å². The molecule has 5 N–H and O–H groups in total. The Balaban J connectivity index is 1.45. The maximum atomic E-state index is 12.2. The smallest absolute Gasteiger partial charge is 0.328 e. The number of nitrogens with one attached hydrogen (secondary N) is 1. The number of rotatable bonds is 8. The second-order valence-corrected chi connectivity index (χ2v) is 7.06. The van der Waals surface area contributed by atoms with Crippen molar-refractivity contribution in [1.82, 2.24) is 19.4 Å². The summed E-state index contributed by atoms with van der Waals surface area (Å²) in [6.07, 6.45) is 7.69. The van der Waals surface area contributed by atoms with Gasteiger partial charge in [-0.05, 0) is 63.0 Å². The summed E-state index contributed by atoms with van der Waals surface area (Å²) in [5.41, 5.74) is 12.2. The Morgan fingerprint density at radius 2 is 1.89 bits per heavy atom. The van der Waals surface area contributed by atoms with Crippen LogP contribution in [0.15, 0.2) is 35.4 Å². The first-order chi connectivity index (χ1) is 13.1. The van der Waals surface area contributed by atoms with Gasteiger partial charge in [0.25, 0.3) is 0 Å². The van der Waals surface area contributed by atoms with Crippen LogP contribution in [0.4, 0.5) is 11.6 Å². The molecule has 0 bridgehead atoms. The van der Waals surface area contributed by atoms with E-state index in [9.17, 15) is 4.79 Å². The summed E-state index contributed by atoms with van der Waals surface area (Å²) in [5.74, 6) is 1.13. The van der Waals surface area contributed by atoms with Crippen LogP contribution in [-0.2, 0) is 13.1 Å². The fourth-order valence-corrected chi connectivity index (χ4v) is 3.21. The van der Waals surface area contributed by atoms with Gasteiger partial charge in [0, 0.05) is 31.5 Å². The molecule has 0 radical (unpaired) electrons. The van der Waals surface area contributed by atoms with Crippen molar-refractivity contribution in [2.45, 2.75) is 44.8 Å². The van der Waals surface area contributed by atoms with Gasteiger partial charge in [0.2, 0.25) is 0 Å². The highest BCUT2D eigenvalue weighted by Crippen LogP contribution is 2.11. The summed E-state index contributed by atoms with van der Waals surface area (Å²) in [4.78, 5) is 23.0. The summed E-state index contributed by atoms with van der Waals surface area (Å²) >= 11 is 0. The summed E-state index contributed by atoms with van der Waals surface area (Å²) in [7, 11) is 0. The molecule has 1 aliphatic heterocycles. The largest absolute Gasteiger partial charge is 0.349 e. The second kappa shape index (κ2) is 9.59. The molecule has 2 aromatic heterocycles. The molecular weight excluding hydrogens is 342 g/mol. The predicted octanol–water partition coefficient (Wildman–Crippen LogP) is 1.04. The van der Waals surface area contributed by atoms with Crippen molar-refractivity contribution in [2.24, 2.45) is 11.5 Å². The fourth-order valence-electron chi connectivity index (χ4n) is 3.21. The lowest BCUT2D eigenvalue weighted by Gasteiger charge is -2.29. The molecule has 8 nitrogen and oxygen atoms in total. The Morgan fingerprint density at radius 1 is 1.11 bits per heavy atom. The first kappa shape index (κ1) is 19.5. The Kier molecular flexibility index (Phi) is 6.92. The molecule has 0 saturated carbocycles. The average molecular weight is 371 g/mol. The standard InChI is InChI=1S/C19H29N7O/c20-13-15-3-4-17(22-14-15)23-18-7-12-26(19(27)24-18)9-2-1-8-25-10-5-16(21)6-11-25/h3-4,7,12,14,16H,1-2,5-6,8-11,13,20-21H2,(H,22,23,24,27). The predicted molar refractivity (Wildman–Crippen MR) is 107 cm³/mol. The Labute approximate surface area is 159 Å². The number of anilines is 2. The highest BCUT2D eigenvalue weighted by molar-refractivity contribution is 5.50. The number of nitrogens with two attached hydrogens (primary N) is 2. The van der Waals surface area contributed by atoms with Crippen molar-refractivity contribution < 1.29 is 0 Å². The zero-order valence-corrected chi connectivity index (χ0v) is 15.7. The van der Waals surface area contributed by atoms with Crippen LogP contribution in [0.25, 0.3) is 0 Å². The Morgan fingerprint density at radius 3 is 2.56 bits per heavy atom. The Hall–Kier alpha value is -2.29. The van der Waals surface area contributed by atoms with E-state index < -0.39 is 0 Å². The van der Waals surface area contributed by atoms with E-state index in [2.05, 4.69) is 20.2 Å². The molecule has 0 aromatic carbocycles. The fraction of sp³-hybridized carbons (Fsp3) is 0.526. The molecule has 0 atom stereocenters. The highest BCUT2D eigenvalue weighted by Gasteiger charge is 2.15. The van der Waals surface area contributed by atoms with E-state index in [1.807, 2.05) is 12.1 Å². The molecule has 0 amide bonds. The van der Waals surface area contributed by atoms with E-state index in [0.717, 1.165) is 50.9 Å². The third-order valence-electron chi connectivity index (χ3n) is 4.95. The Bertz CT molecular complexity index is 766. The van der Waals surface area contributed by atoms with Crippen molar-refractivity contribution in [3.63, 3.8) is 0 Å². The van der Waals surface area contributed by atoms with Crippen molar-refractivity contribution in [2.75, 3.05) is 25.0 Å². The number of aryl methyl sites for hydroxylation is 1. The van der Waals surface area contributed by atoms with E-state index in [1.54, 1.807) is 23.0 Å². The lowest BCUT2D eigenvalue weighted by molar-refractivity contribution is 0.208. The first-order valence-corrected chi connectivity index (χ1v) is 9.61. The molecule has 3 rings (SSSR count). The number of nitrogens with zero attached hydrogens (tertiary/aromatic N) is 4. The molecule has 146 valence electrons. The summed E-state index contributed by atoms with van der Waals surface area (Å²) in [6, 6.07) is 5.88. The quantitative estimate of drug-likeness (QED) is 0.594. The molecule has 0 aliphatic carbocycles. The normalized spacial score (nSPS) is 15.8. The van der Waals surface area contributed by atoms with Crippen molar-refractivity contribution in [3.8, 4) is 0 Å². The second-order valence-electron chi connectivity index (χ2n) is 7.06. The molecule has 2 aromatic rings. The molecule has 1 fully saturated rings. The van der Waals surface area contributed by atoms with E-state index >= 15 is 0 Å². The molecular formula is C19H29N7O. The maximum Gasteiger partial charge on any atom is 0.349 e. The van der Waals surface area contributed by atoms with Gasteiger partial charge in [-0.3, -0.25) is 4.57 Å². The van der Waals surface area contributed by atoms with Gasteiger partial charge in [-0.2, -0.15) is 4.98 Å². The zero-order chi connectivity index (χ0) is 19.1. The molecule has 1 saturated heterocycles. The number of likely N-dealkylation sites (tertiary alicyclic amines) is 1. The third kappa shape index (κ3) is 5.85. The van der Waals surface area contributed by atoms with Crippen LogP contribution in [0.5, 0.6) is 0 Å². The van der Waals surface area contributed by atoms with E-state index in [-0.39, 0.29) is 5.69 Å². The number of pyridine rings is 1. The van der Waals surface area contributed by atoms with Crippen LogP contribution >= 0.6 is 0 Å². The summed E-state index contributed by atoms with van der Waals surface area (Å²) in [6.45, 7) is 4.38. The SMILES string of the molecule is NCc1ccc(Nc2ccn(CCCCN3CCC(N)CC3)c(=O)n2)nc1. The van der Waals surface area contributed by atoms with Crippen LogP contribution in [0.1, 0.15) is 31.2 Å². The number of unbranched alkanes of at least 4 members (excludes halogenated alkanes) is 1. The summed E-state index contributed by atoms with van der Waals surface area (Å²) < 4.78 is 1.66. The number of piperidine rings is 1. The van der Waals surface area contributed by atoms with Gasteiger partial charge in [0.1, 0.15) is 11.6 Å². The molecule has 0 spiro atoms. The maximum absolute atomic E-state index is 12.2. The minimum atomic E-state index is -0.248. The molecule has 3 heterocycles. The van der Waals surface area contributed by atoms with Crippen molar-refractivity contribution in [3.05, 3.63) is 46.6 Å². The van der Waals surface area contributed by atoms with Crippen molar-refractivity contribution >= 4 is 11.6 Å². The minimum absolute atomic E-state index is 0.248. The van der Waals surface area contributed by atoms with Crippen LogP contribution in [-0.4, -0.2) is 45.1 Å². The van der Waals surface area contributed by atoms with E-state index in [0.29, 0.717) is 30.8 Å². The van der Waals surface area contributed by atoms with Crippen LogP contribution in [0.2, 0.25) is 0 Å². The average Bonchev–Trinajstić information content (AvgIpc) is 2.68. The third-order valence-corrected chi connectivity index (χ3v) is 4.95. The van der Waals surface area contributed by atoms with Gasteiger partial charge < -0.3 is 21.7 Å². The molecule has 27 heavy (non-hydrogen) atoms. The van der Waals surface area contributed by atoms with Gasteiger partial charge in [0.15, 0.2) is 0 Å². The topological polar surface area (TPSA) is 115 Å². The van der Waals surface area contributed by atoms with E-state index in [4.69, 9.17) is 11.5 Å². The molecule has 8 heteroatoms. The highest BCUT2D eigenvalue weighted by atomic mass is 16.1. The number of hydrogen-bond donors (Lipinski definition) is 3. The van der Waals surface area contributed by atoms with Crippen molar-refractivity contribution in [1.29, 1.82) is 0 Å². The van der Waals surface area contributed by atoms with Gasteiger partial charge in [-0.25, -0.2) is 9.78 Å². The van der Waals surface area contributed by atoms with Gasteiger partial charge in [-0.1, -0.05) is 6.07 Å². The zero-order valence-electron chi connectivity index (χ0n) is 15.7. The van der Waals surface area contributed by atoms with Gasteiger partial charge >= 0.3 is 5.69 Å². The number of aromatic nitrogens is 3. The van der Waals surface area contributed by atoms with Crippen LogP contribution in [0.3, 0.4) is 0 Å². The molecule has 1 aliphatic rings. The lowest BCUT2D eigenvalue weighted by Crippen LogP contribution is -2.40. The van der Waals surface area contributed by atoms with Crippen LogP contribution in [0, 0.1) is 0 Å². The summed E-state index contributed by atoms with van der Waals surface area (Å²) in [5, 5.41) is 3.04. The number of hydrogen-bond acceptors (Lipinski definition) is 7. The minimum Gasteiger partial charge on any atom is -0.328 e. The lowest BCUT2D eigenvalue weighted by atomic mass is 10.1. The first-order valence-electron chi connectivity index (χ1n) is 9.61.